The van der Waals surface area contributed by atoms with Crippen LogP contribution in [0.2, 0.25) is 0 Å². The fraction of sp³-hybridized carbons (Fsp3) is 0.625. The maximum Gasteiger partial charge on any atom is 0.124 e. The molecule has 0 aliphatic carbocycles. The lowest BCUT2D eigenvalue weighted by molar-refractivity contribution is -0.120. The van der Waals surface area contributed by atoms with Crippen LogP contribution in [-0.4, -0.2) is 26.4 Å². The van der Waals surface area contributed by atoms with E-state index in [4.69, 9.17) is 9.47 Å². The van der Waals surface area contributed by atoms with E-state index in [1.54, 1.807) is 0 Å². The maximum atomic E-state index is 6.10. The van der Waals surface area contributed by atoms with Crippen molar-refractivity contribution in [1.29, 1.82) is 0 Å². The lowest BCUT2D eigenvalue weighted by Gasteiger charge is -2.38. The van der Waals surface area contributed by atoms with Crippen LogP contribution >= 0.6 is 0 Å². The summed E-state index contributed by atoms with van der Waals surface area (Å²) in [5.41, 5.74) is 1.54. The molecule has 1 N–H and O–H groups in total. The van der Waals surface area contributed by atoms with Crippen molar-refractivity contribution in [3.05, 3.63) is 29.8 Å². The van der Waals surface area contributed by atoms with Crippen LogP contribution in [-0.2, 0) is 10.3 Å². The summed E-state index contributed by atoms with van der Waals surface area (Å²) in [6.45, 7) is 7.94. The van der Waals surface area contributed by atoms with E-state index in [1.165, 1.54) is 18.4 Å². The van der Waals surface area contributed by atoms with Crippen LogP contribution < -0.4 is 10.1 Å². The van der Waals surface area contributed by atoms with E-state index in [2.05, 4.69) is 43.4 Å². The predicted octanol–water partition coefficient (Wildman–Crippen LogP) is 2.70. The number of hydrogen-bond acceptors (Lipinski definition) is 3. The van der Waals surface area contributed by atoms with Crippen molar-refractivity contribution >= 4 is 0 Å². The van der Waals surface area contributed by atoms with Gasteiger partial charge in [-0.1, -0.05) is 25.1 Å². The zero-order valence-electron chi connectivity index (χ0n) is 11.9. The number of rotatable bonds is 4. The molecule has 104 valence electrons. The van der Waals surface area contributed by atoms with Crippen molar-refractivity contribution in [1.82, 2.24) is 5.32 Å². The van der Waals surface area contributed by atoms with Gasteiger partial charge in [0, 0.05) is 16.5 Å². The normalized spacial score (nSPS) is 28.9. The van der Waals surface area contributed by atoms with Gasteiger partial charge in [-0.05, 0) is 32.4 Å². The predicted molar refractivity (Wildman–Crippen MR) is 75.5 cm³/mol. The van der Waals surface area contributed by atoms with Crippen LogP contribution in [0.25, 0.3) is 0 Å². The Morgan fingerprint density at radius 3 is 2.68 bits per heavy atom. The molecule has 3 rings (SSSR count). The quantitative estimate of drug-likeness (QED) is 0.904. The Morgan fingerprint density at radius 2 is 2.05 bits per heavy atom. The molecule has 3 nitrogen and oxygen atoms in total. The van der Waals surface area contributed by atoms with Crippen molar-refractivity contribution in [3.8, 4) is 5.75 Å². The minimum atomic E-state index is 0.0631. The Bertz CT molecular complexity index is 448. The molecule has 2 fully saturated rings. The Hall–Kier alpha value is -1.06. The molecule has 1 aromatic carbocycles. The molecule has 1 aromatic rings. The van der Waals surface area contributed by atoms with Gasteiger partial charge in [0.1, 0.15) is 5.75 Å². The maximum absolute atomic E-state index is 6.10. The summed E-state index contributed by atoms with van der Waals surface area (Å²) in [4.78, 5) is 0. The Labute approximate surface area is 115 Å². The first-order chi connectivity index (χ1) is 9.11. The fourth-order valence-electron chi connectivity index (χ4n) is 2.96. The van der Waals surface area contributed by atoms with Crippen LogP contribution in [0.1, 0.15) is 32.3 Å². The number of para-hydroxylation sites is 1. The van der Waals surface area contributed by atoms with E-state index < -0.39 is 0 Å². The summed E-state index contributed by atoms with van der Waals surface area (Å²) in [5, 5.41) is 3.61. The lowest BCUT2D eigenvalue weighted by Crippen LogP contribution is -2.44. The number of ether oxygens (including phenoxy) is 2. The van der Waals surface area contributed by atoms with Gasteiger partial charge in [0.15, 0.2) is 0 Å². The van der Waals surface area contributed by atoms with Crippen LogP contribution in [0.4, 0.5) is 0 Å². The first-order valence-electron chi connectivity index (χ1n) is 7.17. The second-order valence-electron chi connectivity index (χ2n) is 6.45. The molecule has 0 radical (unpaired) electrons. The average molecular weight is 261 g/mol. The third kappa shape index (κ3) is 2.49. The van der Waals surface area contributed by atoms with E-state index in [0.29, 0.717) is 0 Å². The molecule has 1 unspecified atom stereocenters. The highest BCUT2D eigenvalue weighted by Crippen LogP contribution is 2.37. The molecule has 1 atom stereocenters. The zero-order valence-corrected chi connectivity index (χ0v) is 11.9. The van der Waals surface area contributed by atoms with Crippen LogP contribution in [0.3, 0.4) is 0 Å². The Kier molecular flexibility index (Phi) is 3.27. The molecule has 0 bridgehead atoms. The largest absolute Gasteiger partial charge is 0.492 e. The second kappa shape index (κ2) is 4.80. The molecule has 0 amide bonds. The van der Waals surface area contributed by atoms with Crippen molar-refractivity contribution in [2.75, 3.05) is 26.4 Å². The van der Waals surface area contributed by atoms with E-state index >= 15 is 0 Å². The SMILES string of the molecule is CC1(COc2ccccc2C2(C)CCCN2)COC1. The zero-order chi connectivity index (χ0) is 13.3. The summed E-state index contributed by atoms with van der Waals surface area (Å²) < 4.78 is 11.4. The van der Waals surface area contributed by atoms with Crippen LogP contribution in [0.5, 0.6) is 5.75 Å². The molecule has 3 heteroatoms. The van der Waals surface area contributed by atoms with E-state index in [1.807, 2.05) is 0 Å². The molecular weight excluding hydrogens is 238 g/mol. The van der Waals surface area contributed by atoms with Gasteiger partial charge in [-0.25, -0.2) is 0 Å². The molecule has 0 spiro atoms. The summed E-state index contributed by atoms with van der Waals surface area (Å²) in [7, 11) is 0. The third-order valence-electron chi connectivity index (χ3n) is 4.33. The molecular formula is C16H23NO2. The monoisotopic (exact) mass is 261 g/mol. The van der Waals surface area contributed by atoms with Crippen molar-refractivity contribution in [2.45, 2.75) is 32.2 Å². The smallest absolute Gasteiger partial charge is 0.124 e. The van der Waals surface area contributed by atoms with E-state index in [0.717, 1.165) is 32.1 Å². The van der Waals surface area contributed by atoms with E-state index in [-0.39, 0.29) is 11.0 Å². The second-order valence-corrected chi connectivity index (χ2v) is 6.45. The minimum Gasteiger partial charge on any atom is -0.492 e. The van der Waals surface area contributed by atoms with Crippen molar-refractivity contribution in [3.63, 3.8) is 0 Å². The highest BCUT2D eigenvalue weighted by atomic mass is 16.5. The van der Waals surface area contributed by atoms with Gasteiger partial charge in [0.25, 0.3) is 0 Å². The Morgan fingerprint density at radius 1 is 1.26 bits per heavy atom. The molecule has 2 aliphatic rings. The lowest BCUT2D eigenvalue weighted by atomic mass is 9.88. The number of hydrogen-bond donors (Lipinski definition) is 1. The van der Waals surface area contributed by atoms with Gasteiger partial charge in [-0.2, -0.15) is 0 Å². The number of nitrogens with one attached hydrogen (secondary N) is 1. The van der Waals surface area contributed by atoms with Gasteiger partial charge in [-0.3, -0.25) is 0 Å². The molecule has 0 saturated carbocycles. The van der Waals surface area contributed by atoms with E-state index in [9.17, 15) is 0 Å². The minimum absolute atomic E-state index is 0.0631. The standard InChI is InChI=1S/C16H23NO2/c1-15(10-18-11-15)12-19-14-7-4-3-6-13(14)16(2)8-5-9-17-16/h3-4,6-7,17H,5,8-12H2,1-2H3. The van der Waals surface area contributed by atoms with Gasteiger partial charge >= 0.3 is 0 Å². The average Bonchev–Trinajstić information content (AvgIpc) is 2.82. The molecule has 2 saturated heterocycles. The van der Waals surface area contributed by atoms with Crippen molar-refractivity contribution < 1.29 is 9.47 Å². The molecule has 2 heterocycles. The summed E-state index contributed by atoms with van der Waals surface area (Å²) in [5.74, 6) is 1.02. The summed E-state index contributed by atoms with van der Waals surface area (Å²) in [6.07, 6.45) is 2.41. The third-order valence-corrected chi connectivity index (χ3v) is 4.33. The van der Waals surface area contributed by atoms with Crippen molar-refractivity contribution in [2.24, 2.45) is 5.41 Å². The summed E-state index contributed by atoms with van der Waals surface area (Å²) >= 11 is 0. The highest BCUT2D eigenvalue weighted by Gasteiger charge is 2.36. The van der Waals surface area contributed by atoms with Crippen LogP contribution in [0, 0.1) is 5.41 Å². The topological polar surface area (TPSA) is 30.5 Å². The highest BCUT2D eigenvalue weighted by molar-refractivity contribution is 5.39. The molecule has 0 aromatic heterocycles. The first-order valence-corrected chi connectivity index (χ1v) is 7.17. The van der Waals surface area contributed by atoms with Gasteiger partial charge in [0.05, 0.1) is 19.8 Å². The fourth-order valence-corrected chi connectivity index (χ4v) is 2.96. The first kappa shape index (κ1) is 12.9. The summed E-state index contributed by atoms with van der Waals surface area (Å²) in [6, 6.07) is 8.43. The van der Waals surface area contributed by atoms with Gasteiger partial charge < -0.3 is 14.8 Å². The van der Waals surface area contributed by atoms with Crippen LogP contribution in [0.15, 0.2) is 24.3 Å². The number of benzene rings is 1. The van der Waals surface area contributed by atoms with Gasteiger partial charge in [-0.15, -0.1) is 0 Å². The van der Waals surface area contributed by atoms with Gasteiger partial charge in [0.2, 0.25) is 0 Å². The Balaban J connectivity index is 1.77. The molecule has 19 heavy (non-hydrogen) atoms. The molecule has 2 aliphatic heterocycles.